The molecular formula is C15H20BrN3O2S. The van der Waals surface area contributed by atoms with E-state index in [1.165, 1.54) is 11.3 Å². The van der Waals surface area contributed by atoms with Crippen LogP contribution in [0.15, 0.2) is 20.4 Å². The van der Waals surface area contributed by atoms with Gasteiger partial charge in [0.1, 0.15) is 17.0 Å². The third kappa shape index (κ3) is 3.97. The number of amides is 1. The first-order valence-corrected chi connectivity index (χ1v) is 8.90. The largest absolute Gasteiger partial charge is 0.360 e. The van der Waals surface area contributed by atoms with E-state index in [9.17, 15) is 4.79 Å². The Hall–Kier alpha value is -1.18. The normalized spacial score (nSPS) is 11.1. The molecule has 0 saturated carbocycles. The number of halogens is 1. The Morgan fingerprint density at radius 3 is 2.73 bits per heavy atom. The second-order valence-corrected chi connectivity index (χ2v) is 7.31. The van der Waals surface area contributed by atoms with Crippen LogP contribution in [-0.4, -0.2) is 42.1 Å². The Labute approximate surface area is 142 Å². The number of rotatable bonds is 7. The summed E-state index contributed by atoms with van der Waals surface area (Å²) in [5.74, 6) is 0.408. The Balaban J connectivity index is 2.08. The van der Waals surface area contributed by atoms with Gasteiger partial charge in [-0.2, -0.15) is 0 Å². The van der Waals surface area contributed by atoms with Gasteiger partial charge < -0.3 is 14.7 Å². The molecule has 5 nitrogen and oxygen atoms in total. The minimum atomic E-state index is -0.134. The van der Waals surface area contributed by atoms with Gasteiger partial charge in [-0.15, -0.1) is 11.3 Å². The number of thiophene rings is 1. The van der Waals surface area contributed by atoms with Crippen molar-refractivity contribution < 1.29 is 9.32 Å². The van der Waals surface area contributed by atoms with E-state index in [-0.39, 0.29) is 5.91 Å². The summed E-state index contributed by atoms with van der Waals surface area (Å²) in [5, 5.41) is 6.99. The third-order valence-corrected chi connectivity index (χ3v) is 5.13. The fourth-order valence-electron chi connectivity index (χ4n) is 2.21. The maximum Gasteiger partial charge on any atom is 0.257 e. The van der Waals surface area contributed by atoms with E-state index in [1.807, 2.05) is 12.1 Å². The summed E-state index contributed by atoms with van der Waals surface area (Å²) in [6, 6.07) is 3.87. The van der Waals surface area contributed by atoms with Crippen molar-refractivity contribution in [3.8, 4) is 10.6 Å². The molecule has 22 heavy (non-hydrogen) atoms. The summed E-state index contributed by atoms with van der Waals surface area (Å²) < 4.78 is 6.22. The average Bonchev–Trinajstić information content (AvgIpc) is 3.09. The van der Waals surface area contributed by atoms with Crippen molar-refractivity contribution >= 4 is 33.2 Å². The van der Waals surface area contributed by atoms with Crippen LogP contribution >= 0.6 is 27.3 Å². The molecule has 0 aliphatic heterocycles. The first-order valence-electron chi connectivity index (χ1n) is 7.29. The Kier molecular flexibility index (Phi) is 6.16. The van der Waals surface area contributed by atoms with Gasteiger partial charge in [0.2, 0.25) is 0 Å². The molecule has 0 fully saturated rings. The minimum Gasteiger partial charge on any atom is -0.360 e. The summed E-state index contributed by atoms with van der Waals surface area (Å²) >= 11 is 4.95. The smallest absolute Gasteiger partial charge is 0.257 e. The van der Waals surface area contributed by atoms with E-state index in [4.69, 9.17) is 4.52 Å². The van der Waals surface area contributed by atoms with E-state index in [2.05, 4.69) is 45.2 Å². The predicted molar refractivity (Wildman–Crippen MR) is 92.4 cm³/mol. The molecule has 2 aromatic heterocycles. The second kappa shape index (κ2) is 7.89. The summed E-state index contributed by atoms with van der Waals surface area (Å²) in [6.07, 6.45) is 0. The van der Waals surface area contributed by atoms with Gasteiger partial charge in [-0.25, -0.2) is 0 Å². The van der Waals surface area contributed by atoms with Crippen molar-refractivity contribution in [3.63, 3.8) is 0 Å². The molecule has 0 spiro atoms. The number of nitrogens with zero attached hydrogens (tertiary/aromatic N) is 2. The van der Waals surface area contributed by atoms with Gasteiger partial charge in [0.25, 0.3) is 5.91 Å². The SMILES string of the molecule is CCN(CC)CCNC(=O)c1c(-c2ccc(Br)s2)noc1C. The lowest BCUT2D eigenvalue weighted by Crippen LogP contribution is -2.35. The van der Waals surface area contributed by atoms with E-state index >= 15 is 0 Å². The van der Waals surface area contributed by atoms with E-state index in [1.54, 1.807) is 6.92 Å². The number of likely N-dealkylation sites (N-methyl/N-ethyl adjacent to an activating group) is 1. The van der Waals surface area contributed by atoms with Crippen molar-refractivity contribution in [1.82, 2.24) is 15.4 Å². The topological polar surface area (TPSA) is 58.4 Å². The fraction of sp³-hybridized carbons (Fsp3) is 0.467. The van der Waals surface area contributed by atoms with E-state index in [0.29, 0.717) is 23.6 Å². The first-order chi connectivity index (χ1) is 10.6. The molecule has 2 heterocycles. The maximum atomic E-state index is 12.4. The monoisotopic (exact) mass is 385 g/mol. The number of carbonyl (C=O) groups excluding carboxylic acids is 1. The molecule has 0 bridgehead atoms. The van der Waals surface area contributed by atoms with Gasteiger partial charge in [0.05, 0.1) is 8.66 Å². The average molecular weight is 386 g/mol. The van der Waals surface area contributed by atoms with Crippen molar-refractivity contribution in [3.05, 3.63) is 27.2 Å². The highest BCUT2D eigenvalue weighted by atomic mass is 79.9. The van der Waals surface area contributed by atoms with Gasteiger partial charge >= 0.3 is 0 Å². The van der Waals surface area contributed by atoms with Gasteiger partial charge in [0.15, 0.2) is 0 Å². The molecule has 1 N–H and O–H groups in total. The Bertz CT molecular complexity index is 635. The highest BCUT2D eigenvalue weighted by Gasteiger charge is 2.22. The van der Waals surface area contributed by atoms with Crippen LogP contribution < -0.4 is 5.32 Å². The molecule has 0 aliphatic rings. The van der Waals surface area contributed by atoms with Gasteiger partial charge in [0, 0.05) is 13.1 Å². The van der Waals surface area contributed by atoms with Gasteiger partial charge in [-0.1, -0.05) is 19.0 Å². The van der Waals surface area contributed by atoms with Crippen LogP contribution in [-0.2, 0) is 0 Å². The fourth-order valence-corrected chi connectivity index (χ4v) is 3.58. The molecule has 120 valence electrons. The van der Waals surface area contributed by atoms with E-state index in [0.717, 1.165) is 28.3 Å². The highest BCUT2D eigenvalue weighted by molar-refractivity contribution is 9.11. The molecule has 0 saturated heterocycles. The zero-order valence-corrected chi connectivity index (χ0v) is 15.4. The van der Waals surface area contributed by atoms with Crippen molar-refractivity contribution in [1.29, 1.82) is 0 Å². The molecule has 1 amide bonds. The zero-order valence-electron chi connectivity index (χ0n) is 13.0. The van der Waals surface area contributed by atoms with Crippen LogP contribution in [0.2, 0.25) is 0 Å². The number of carbonyl (C=O) groups is 1. The molecule has 0 aliphatic carbocycles. The number of nitrogens with one attached hydrogen (secondary N) is 1. The Morgan fingerprint density at radius 2 is 2.14 bits per heavy atom. The third-order valence-electron chi connectivity index (χ3n) is 3.50. The molecule has 2 rings (SSSR count). The second-order valence-electron chi connectivity index (χ2n) is 4.85. The van der Waals surface area contributed by atoms with E-state index < -0.39 is 0 Å². The quantitative estimate of drug-likeness (QED) is 0.791. The minimum absolute atomic E-state index is 0.134. The van der Waals surface area contributed by atoms with Crippen LogP contribution in [0.4, 0.5) is 0 Å². The molecular weight excluding hydrogens is 366 g/mol. The molecule has 0 atom stereocenters. The van der Waals surface area contributed by atoms with Gasteiger partial charge in [-0.05, 0) is 48.1 Å². The summed E-state index contributed by atoms with van der Waals surface area (Å²) in [5.41, 5.74) is 1.13. The van der Waals surface area contributed by atoms with Crippen molar-refractivity contribution in [2.45, 2.75) is 20.8 Å². The lowest BCUT2D eigenvalue weighted by molar-refractivity contribution is 0.0948. The van der Waals surface area contributed by atoms with Crippen LogP contribution in [0.3, 0.4) is 0 Å². The number of hydrogen-bond donors (Lipinski definition) is 1. The molecule has 0 aromatic carbocycles. The van der Waals surface area contributed by atoms with Crippen LogP contribution in [0.25, 0.3) is 10.6 Å². The maximum absolute atomic E-state index is 12.4. The highest BCUT2D eigenvalue weighted by Crippen LogP contribution is 2.33. The summed E-state index contributed by atoms with van der Waals surface area (Å²) in [7, 11) is 0. The molecule has 7 heteroatoms. The van der Waals surface area contributed by atoms with Crippen LogP contribution in [0.5, 0.6) is 0 Å². The lowest BCUT2D eigenvalue weighted by atomic mass is 10.1. The van der Waals surface area contributed by atoms with Crippen molar-refractivity contribution in [2.24, 2.45) is 0 Å². The van der Waals surface area contributed by atoms with Crippen LogP contribution in [0, 0.1) is 6.92 Å². The summed E-state index contributed by atoms with van der Waals surface area (Å²) in [4.78, 5) is 15.6. The zero-order chi connectivity index (χ0) is 16.1. The number of aromatic nitrogens is 1. The van der Waals surface area contributed by atoms with Crippen molar-refractivity contribution in [2.75, 3.05) is 26.2 Å². The van der Waals surface area contributed by atoms with Crippen LogP contribution in [0.1, 0.15) is 30.0 Å². The first kappa shape index (κ1) is 17.2. The summed E-state index contributed by atoms with van der Waals surface area (Å²) in [6.45, 7) is 9.39. The molecule has 0 radical (unpaired) electrons. The number of hydrogen-bond acceptors (Lipinski definition) is 5. The standard InChI is InChI=1S/C15H20BrN3O2S/c1-4-19(5-2)9-8-17-15(20)13-10(3)21-18-14(13)11-6-7-12(16)22-11/h6-7H,4-5,8-9H2,1-3H3,(H,17,20). The Morgan fingerprint density at radius 1 is 1.41 bits per heavy atom. The number of aryl methyl sites for hydroxylation is 1. The predicted octanol–water partition coefficient (Wildman–Crippen LogP) is 3.55. The molecule has 0 unspecified atom stereocenters. The van der Waals surface area contributed by atoms with Gasteiger partial charge in [-0.3, -0.25) is 4.79 Å². The molecule has 2 aromatic rings. The lowest BCUT2D eigenvalue weighted by Gasteiger charge is -2.17.